The van der Waals surface area contributed by atoms with Crippen LogP contribution in [0.25, 0.3) is 21.8 Å². The zero-order valence-corrected chi connectivity index (χ0v) is 14.7. The van der Waals surface area contributed by atoms with Crippen molar-refractivity contribution >= 4 is 22.9 Å². The minimum atomic E-state index is -0.164. The molecule has 7 heteroatoms. The van der Waals surface area contributed by atoms with Gasteiger partial charge in [0.25, 0.3) is 5.56 Å². The fraction of sp³-hybridized carbons (Fsp3) is 0.294. The zero-order chi connectivity index (χ0) is 16.8. The van der Waals surface area contributed by atoms with Crippen molar-refractivity contribution in [1.82, 2.24) is 14.3 Å². The van der Waals surface area contributed by atoms with Gasteiger partial charge in [0.15, 0.2) is 0 Å². The first-order valence-corrected chi connectivity index (χ1v) is 9.02. The van der Waals surface area contributed by atoms with Crippen molar-refractivity contribution in [2.75, 3.05) is 0 Å². The van der Waals surface area contributed by atoms with Crippen LogP contribution in [0.5, 0.6) is 5.88 Å². The smallest absolute Gasteiger partial charge is 0.280 e. The minimum absolute atomic E-state index is 0.0238. The van der Waals surface area contributed by atoms with Gasteiger partial charge in [0, 0.05) is 28.6 Å². The van der Waals surface area contributed by atoms with Crippen LogP contribution in [-0.2, 0) is 13.1 Å². The van der Waals surface area contributed by atoms with Gasteiger partial charge in [-0.05, 0) is 31.9 Å². The molecule has 3 heterocycles. The third-order valence-electron chi connectivity index (χ3n) is 4.32. The Balaban J connectivity index is 1.85. The lowest BCUT2D eigenvalue weighted by atomic mass is 10.2. The number of hydrogen-bond acceptors (Lipinski definition) is 4. The molecule has 0 saturated heterocycles. The first-order valence-electron chi connectivity index (χ1n) is 7.82. The Kier molecular flexibility index (Phi) is 3.73. The Morgan fingerprint density at radius 2 is 1.83 bits per heavy atom. The molecule has 1 aliphatic rings. The fourth-order valence-corrected chi connectivity index (χ4v) is 4.15. The Morgan fingerprint density at radius 3 is 2.50 bits per heavy atom. The maximum absolute atomic E-state index is 12.7. The average Bonchev–Trinajstić information content (AvgIpc) is 3.07. The SMILES string of the molecule is Cc1sc(-c2ccc(Cl)cc2)nc1-c1c(O)n2n(c1=O)CCCC2. The number of aryl methyl sites for hydroxylation is 1. The summed E-state index contributed by atoms with van der Waals surface area (Å²) in [7, 11) is 0. The third kappa shape index (κ3) is 2.37. The Morgan fingerprint density at radius 1 is 1.17 bits per heavy atom. The second-order valence-electron chi connectivity index (χ2n) is 5.89. The van der Waals surface area contributed by atoms with E-state index in [9.17, 15) is 9.90 Å². The number of aromatic hydroxyl groups is 1. The van der Waals surface area contributed by atoms with Crippen LogP contribution in [-0.4, -0.2) is 19.5 Å². The average molecular weight is 362 g/mol. The number of fused-ring (bicyclic) bond motifs is 1. The largest absolute Gasteiger partial charge is 0.493 e. The van der Waals surface area contributed by atoms with Gasteiger partial charge in [0.1, 0.15) is 10.6 Å². The van der Waals surface area contributed by atoms with Gasteiger partial charge in [0.05, 0.1) is 5.69 Å². The number of aromatic nitrogens is 3. The van der Waals surface area contributed by atoms with E-state index < -0.39 is 0 Å². The van der Waals surface area contributed by atoms with E-state index in [1.165, 1.54) is 11.3 Å². The molecule has 124 valence electrons. The van der Waals surface area contributed by atoms with Crippen molar-refractivity contribution in [2.45, 2.75) is 32.9 Å². The van der Waals surface area contributed by atoms with Gasteiger partial charge >= 0.3 is 0 Å². The molecule has 1 N–H and O–H groups in total. The van der Waals surface area contributed by atoms with Crippen molar-refractivity contribution < 1.29 is 5.11 Å². The molecule has 5 nitrogen and oxygen atoms in total. The molecule has 0 atom stereocenters. The van der Waals surface area contributed by atoms with Crippen LogP contribution in [0, 0.1) is 6.92 Å². The van der Waals surface area contributed by atoms with Crippen LogP contribution >= 0.6 is 22.9 Å². The van der Waals surface area contributed by atoms with Gasteiger partial charge in [-0.15, -0.1) is 11.3 Å². The molecule has 2 aromatic heterocycles. The van der Waals surface area contributed by atoms with E-state index >= 15 is 0 Å². The van der Waals surface area contributed by atoms with E-state index in [2.05, 4.69) is 4.98 Å². The van der Waals surface area contributed by atoms with Crippen molar-refractivity contribution in [3.05, 3.63) is 44.5 Å². The number of nitrogens with zero attached hydrogens (tertiary/aromatic N) is 3. The molecule has 0 radical (unpaired) electrons. The summed E-state index contributed by atoms with van der Waals surface area (Å²) in [5.41, 5.74) is 1.67. The number of halogens is 1. The van der Waals surface area contributed by atoms with Crippen molar-refractivity contribution in [3.8, 4) is 27.7 Å². The van der Waals surface area contributed by atoms with E-state index in [1.54, 1.807) is 9.36 Å². The third-order valence-corrected chi connectivity index (χ3v) is 5.59. The van der Waals surface area contributed by atoms with Gasteiger partial charge < -0.3 is 5.11 Å². The van der Waals surface area contributed by atoms with Crippen molar-refractivity contribution in [2.24, 2.45) is 0 Å². The summed E-state index contributed by atoms with van der Waals surface area (Å²) >= 11 is 7.44. The first kappa shape index (κ1) is 15.5. The molecular formula is C17H16ClN3O2S. The molecular weight excluding hydrogens is 346 g/mol. The summed E-state index contributed by atoms with van der Waals surface area (Å²) in [6.45, 7) is 3.22. The molecule has 0 bridgehead atoms. The van der Waals surface area contributed by atoms with Gasteiger partial charge in [-0.2, -0.15) is 0 Å². The molecule has 0 fully saturated rings. The summed E-state index contributed by atoms with van der Waals surface area (Å²) in [6.07, 6.45) is 1.92. The summed E-state index contributed by atoms with van der Waals surface area (Å²) in [5.74, 6) is 0.0238. The summed E-state index contributed by atoms with van der Waals surface area (Å²) in [4.78, 5) is 18.3. The zero-order valence-electron chi connectivity index (χ0n) is 13.1. The second-order valence-corrected chi connectivity index (χ2v) is 7.53. The van der Waals surface area contributed by atoms with Crippen molar-refractivity contribution in [1.29, 1.82) is 0 Å². The minimum Gasteiger partial charge on any atom is -0.493 e. The number of benzene rings is 1. The molecule has 0 spiro atoms. The molecule has 0 saturated carbocycles. The standard InChI is InChI=1S/C17H16ClN3O2S/c1-10-14(19-15(24-10)11-4-6-12(18)7-5-11)13-16(22)20-8-2-3-9-21(20)17(13)23/h4-7,22H,2-3,8-9H2,1H3. The maximum Gasteiger partial charge on any atom is 0.280 e. The summed E-state index contributed by atoms with van der Waals surface area (Å²) in [5, 5.41) is 12.0. The molecule has 24 heavy (non-hydrogen) atoms. The lowest BCUT2D eigenvalue weighted by molar-refractivity contribution is 0.305. The fourth-order valence-electron chi connectivity index (χ4n) is 3.10. The predicted octanol–water partition coefficient (Wildman–Crippen LogP) is 3.90. The van der Waals surface area contributed by atoms with E-state index in [0.717, 1.165) is 28.3 Å². The highest BCUT2D eigenvalue weighted by Gasteiger charge is 2.26. The topological polar surface area (TPSA) is 60.1 Å². The first-order chi connectivity index (χ1) is 11.6. The van der Waals surface area contributed by atoms with E-state index in [-0.39, 0.29) is 11.4 Å². The predicted molar refractivity (Wildman–Crippen MR) is 95.9 cm³/mol. The number of thiazole rings is 1. The monoisotopic (exact) mass is 361 g/mol. The van der Waals surface area contributed by atoms with Crippen LogP contribution in [0.2, 0.25) is 5.02 Å². The lowest BCUT2D eigenvalue weighted by Gasteiger charge is -2.16. The molecule has 0 aliphatic carbocycles. The molecule has 4 rings (SSSR count). The summed E-state index contributed by atoms with van der Waals surface area (Å²) < 4.78 is 3.29. The lowest BCUT2D eigenvalue weighted by Crippen LogP contribution is -2.27. The molecule has 1 aliphatic heterocycles. The highest BCUT2D eigenvalue weighted by Crippen LogP contribution is 2.36. The molecule has 1 aromatic carbocycles. The quantitative estimate of drug-likeness (QED) is 0.753. The van der Waals surface area contributed by atoms with Gasteiger partial charge in [-0.3, -0.25) is 9.48 Å². The second kappa shape index (κ2) is 5.79. The highest BCUT2D eigenvalue weighted by atomic mass is 35.5. The highest BCUT2D eigenvalue weighted by molar-refractivity contribution is 7.15. The van der Waals surface area contributed by atoms with E-state index in [4.69, 9.17) is 11.6 Å². The van der Waals surface area contributed by atoms with Gasteiger partial charge in [0.2, 0.25) is 5.88 Å². The summed E-state index contributed by atoms with van der Waals surface area (Å²) in [6, 6.07) is 7.44. The van der Waals surface area contributed by atoms with Crippen LogP contribution in [0.4, 0.5) is 0 Å². The molecule has 0 amide bonds. The van der Waals surface area contributed by atoms with Crippen LogP contribution < -0.4 is 5.56 Å². The van der Waals surface area contributed by atoms with E-state index in [1.807, 2.05) is 31.2 Å². The number of hydrogen-bond donors (Lipinski definition) is 1. The van der Waals surface area contributed by atoms with Crippen LogP contribution in [0.3, 0.4) is 0 Å². The normalized spacial score (nSPS) is 13.9. The Labute approximate surface area is 147 Å². The van der Waals surface area contributed by atoms with Gasteiger partial charge in [-0.1, -0.05) is 23.7 Å². The van der Waals surface area contributed by atoms with Crippen LogP contribution in [0.1, 0.15) is 17.7 Å². The Hall–Kier alpha value is -2.05. The number of rotatable bonds is 2. The molecule has 0 unspecified atom stereocenters. The van der Waals surface area contributed by atoms with Gasteiger partial charge in [-0.25, -0.2) is 9.67 Å². The van der Waals surface area contributed by atoms with Crippen LogP contribution in [0.15, 0.2) is 29.1 Å². The maximum atomic E-state index is 12.7. The molecule has 3 aromatic rings. The Bertz CT molecular complexity index is 969. The van der Waals surface area contributed by atoms with E-state index in [0.29, 0.717) is 29.4 Å². The van der Waals surface area contributed by atoms with Crippen molar-refractivity contribution in [3.63, 3.8) is 0 Å².